The zero-order valence-corrected chi connectivity index (χ0v) is 11.5. The molecule has 1 aliphatic rings. The smallest absolute Gasteiger partial charge is 0.244 e. The molecule has 2 heterocycles. The molecule has 1 aliphatic heterocycles. The van der Waals surface area contributed by atoms with Crippen LogP contribution in [0, 0.1) is 13.8 Å². The summed E-state index contributed by atoms with van der Waals surface area (Å²) in [5, 5.41) is 0. The van der Waals surface area contributed by atoms with E-state index < -0.39 is 0 Å². The van der Waals surface area contributed by atoms with Gasteiger partial charge in [0.2, 0.25) is 5.91 Å². The monoisotopic (exact) mass is 248 g/mol. The first kappa shape index (κ1) is 12.8. The number of aromatic nitrogens is 2. The second-order valence-corrected chi connectivity index (χ2v) is 5.00. The summed E-state index contributed by atoms with van der Waals surface area (Å²) in [5.41, 5.74) is 0.945. The molecule has 0 aromatic carbocycles. The molecule has 0 bridgehead atoms. The lowest BCUT2D eigenvalue weighted by atomic mass is 10.2. The Morgan fingerprint density at radius 2 is 2.11 bits per heavy atom. The third kappa shape index (κ3) is 2.44. The summed E-state index contributed by atoms with van der Waals surface area (Å²) in [6.07, 6.45) is 1.94. The zero-order valence-electron chi connectivity index (χ0n) is 11.5. The first-order valence-corrected chi connectivity index (χ1v) is 6.29. The van der Waals surface area contributed by atoms with Gasteiger partial charge in [0.25, 0.3) is 0 Å². The van der Waals surface area contributed by atoms with Crippen molar-refractivity contribution in [2.75, 3.05) is 25.5 Å². The highest BCUT2D eigenvalue weighted by molar-refractivity contribution is 5.85. The molecule has 0 N–H and O–H groups in total. The van der Waals surface area contributed by atoms with Crippen LogP contribution in [0.2, 0.25) is 0 Å². The van der Waals surface area contributed by atoms with Gasteiger partial charge in [-0.15, -0.1) is 0 Å². The quantitative estimate of drug-likeness (QED) is 0.788. The minimum Gasteiger partial charge on any atom is -0.347 e. The summed E-state index contributed by atoms with van der Waals surface area (Å²) in [6, 6.07) is 1.88. The Kier molecular flexibility index (Phi) is 3.50. The fourth-order valence-corrected chi connectivity index (χ4v) is 2.44. The molecule has 1 fully saturated rings. The van der Waals surface area contributed by atoms with Gasteiger partial charge in [-0.3, -0.25) is 4.79 Å². The van der Waals surface area contributed by atoms with Crippen molar-refractivity contribution >= 4 is 11.7 Å². The number of amides is 1. The molecule has 1 amide bonds. The van der Waals surface area contributed by atoms with E-state index in [0.717, 1.165) is 36.7 Å². The minimum absolute atomic E-state index is 0.0753. The summed E-state index contributed by atoms with van der Waals surface area (Å²) >= 11 is 0. The van der Waals surface area contributed by atoms with Gasteiger partial charge in [-0.2, -0.15) is 0 Å². The molecule has 18 heavy (non-hydrogen) atoms. The Morgan fingerprint density at radius 1 is 1.39 bits per heavy atom. The van der Waals surface area contributed by atoms with Crippen LogP contribution < -0.4 is 4.90 Å². The zero-order chi connectivity index (χ0) is 13.3. The molecule has 0 saturated carbocycles. The van der Waals surface area contributed by atoms with E-state index in [9.17, 15) is 4.79 Å². The fourth-order valence-electron chi connectivity index (χ4n) is 2.44. The van der Waals surface area contributed by atoms with E-state index in [1.54, 1.807) is 19.0 Å². The lowest BCUT2D eigenvalue weighted by Crippen LogP contribution is -2.43. The van der Waals surface area contributed by atoms with Gasteiger partial charge in [0.15, 0.2) is 0 Å². The van der Waals surface area contributed by atoms with E-state index in [2.05, 4.69) is 14.9 Å². The average Bonchev–Trinajstić information content (AvgIpc) is 2.75. The number of carbonyl (C=O) groups excluding carboxylic acids is 1. The number of carbonyl (C=O) groups is 1. The van der Waals surface area contributed by atoms with Gasteiger partial charge in [-0.1, -0.05) is 0 Å². The van der Waals surface area contributed by atoms with Crippen LogP contribution in [0.25, 0.3) is 0 Å². The lowest BCUT2D eigenvalue weighted by molar-refractivity contribution is -0.129. The number of nitrogens with zero attached hydrogens (tertiary/aromatic N) is 4. The maximum absolute atomic E-state index is 12.1. The molecule has 1 saturated heterocycles. The van der Waals surface area contributed by atoms with Crippen LogP contribution in [0.1, 0.15) is 24.4 Å². The van der Waals surface area contributed by atoms with Crippen LogP contribution >= 0.6 is 0 Å². The van der Waals surface area contributed by atoms with E-state index in [-0.39, 0.29) is 11.9 Å². The van der Waals surface area contributed by atoms with Crippen molar-refractivity contribution in [2.45, 2.75) is 32.7 Å². The Bertz CT molecular complexity index is 438. The van der Waals surface area contributed by atoms with Gasteiger partial charge >= 0.3 is 0 Å². The number of anilines is 1. The first-order valence-electron chi connectivity index (χ1n) is 6.29. The van der Waals surface area contributed by atoms with E-state index in [1.165, 1.54) is 0 Å². The van der Waals surface area contributed by atoms with Crippen LogP contribution in [0.5, 0.6) is 0 Å². The van der Waals surface area contributed by atoms with Gasteiger partial charge < -0.3 is 9.80 Å². The second kappa shape index (κ2) is 4.92. The van der Waals surface area contributed by atoms with Gasteiger partial charge in [-0.05, 0) is 26.7 Å². The molecular formula is C13H20N4O. The van der Waals surface area contributed by atoms with Crippen molar-refractivity contribution < 1.29 is 4.79 Å². The van der Waals surface area contributed by atoms with Crippen molar-refractivity contribution in [3.63, 3.8) is 0 Å². The lowest BCUT2D eigenvalue weighted by Gasteiger charge is -2.27. The Morgan fingerprint density at radius 3 is 2.72 bits per heavy atom. The molecular weight excluding hydrogens is 228 g/mol. The van der Waals surface area contributed by atoms with Crippen molar-refractivity contribution in [1.29, 1.82) is 0 Å². The van der Waals surface area contributed by atoms with Crippen LogP contribution in [-0.2, 0) is 4.79 Å². The number of rotatable bonds is 2. The van der Waals surface area contributed by atoms with Crippen molar-refractivity contribution in [3.8, 4) is 0 Å². The van der Waals surface area contributed by atoms with Crippen LogP contribution in [0.3, 0.4) is 0 Å². The second-order valence-electron chi connectivity index (χ2n) is 5.00. The summed E-state index contributed by atoms with van der Waals surface area (Å²) in [5.74, 6) is 1.78. The summed E-state index contributed by atoms with van der Waals surface area (Å²) in [7, 11) is 3.60. The van der Waals surface area contributed by atoms with E-state index in [4.69, 9.17) is 0 Å². The van der Waals surface area contributed by atoms with Crippen LogP contribution in [0.4, 0.5) is 5.82 Å². The SMILES string of the molecule is Cc1cc(N2CCCC2C(=O)N(C)C)nc(C)n1. The maximum atomic E-state index is 12.1. The maximum Gasteiger partial charge on any atom is 0.244 e. The van der Waals surface area contributed by atoms with E-state index in [0.29, 0.717) is 0 Å². The van der Waals surface area contributed by atoms with Gasteiger partial charge in [-0.25, -0.2) is 9.97 Å². The molecule has 1 aromatic rings. The standard InChI is InChI=1S/C13H20N4O/c1-9-8-12(15-10(2)14-9)17-7-5-6-11(17)13(18)16(3)4/h8,11H,5-7H2,1-4H3. The number of hydrogen-bond acceptors (Lipinski definition) is 4. The predicted molar refractivity (Wildman–Crippen MR) is 70.6 cm³/mol. The van der Waals surface area contributed by atoms with Crippen molar-refractivity contribution in [1.82, 2.24) is 14.9 Å². The molecule has 1 atom stereocenters. The molecule has 0 aliphatic carbocycles. The summed E-state index contributed by atoms with van der Waals surface area (Å²) < 4.78 is 0. The predicted octanol–water partition coefficient (Wildman–Crippen LogP) is 1.15. The Hall–Kier alpha value is -1.65. The Balaban J connectivity index is 2.28. The third-order valence-electron chi connectivity index (χ3n) is 3.23. The normalized spacial score (nSPS) is 19.1. The van der Waals surface area contributed by atoms with Gasteiger partial charge in [0, 0.05) is 32.4 Å². The van der Waals surface area contributed by atoms with Crippen molar-refractivity contribution in [3.05, 3.63) is 17.6 Å². The molecule has 5 nitrogen and oxygen atoms in total. The average molecular weight is 248 g/mol. The highest BCUT2D eigenvalue weighted by Crippen LogP contribution is 2.25. The summed E-state index contributed by atoms with van der Waals surface area (Å²) in [4.78, 5) is 24.6. The van der Waals surface area contributed by atoms with Gasteiger partial charge in [0.05, 0.1) is 0 Å². The molecule has 2 rings (SSSR count). The number of hydrogen-bond donors (Lipinski definition) is 0. The molecule has 0 radical (unpaired) electrons. The minimum atomic E-state index is -0.0753. The molecule has 1 unspecified atom stereocenters. The molecule has 98 valence electrons. The van der Waals surface area contributed by atoms with E-state index in [1.807, 2.05) is 19.9 Å². The fraction of sp³-hybridized carbons (Fsp3) is 0.615. The van der Waals surface area contributed by atoms with Gasteiger partial charge in [0.1, 0.15) is 17.7 Å². The highest BCUT2D eigenvalue weighted by atomic mass is 16.2. The largest absolute Gasteiger partial charge is 0.347 e. The third-order valence-corrected chi connectivity index (χ3v) is 3.23. The van der Waals surface area contributed by atoms with E-state index >= 15 is 0 Å². The first-order chi connectivity index (χ1) is 8.49. The highest BCUT2D eigenvalue weighted by Gasteiger charge is 2.32. The Labute approximate surface area is 108 Å². The van der Waals surface area contributed by atoms with Crippen LogP contribution in [0.15, 0.2) is 6.07 Å². The topological polar surface area (TPSA) is 49.3 Å². The van der Waals surface area contributed by atoms with Crippen molar-refractivity contribution in [2.24, 2.45) is 0 Å². The number of aryl methyl sites for hydroxylation is 2. The molecule has 5 heteroatoms. The van der Waals surface area contributed by atoms with Crippen LogP contribution in [-0.4, -0.2) is 47.5 Å². The number of likely N-dealkylation sites (N-methyl/N-ethyl adjacent to an activating group) is 1. The summed E-state index contributed by atoms with van der Waals surface area (Å²) in [6.45, 7) is 4.73. The molecule has 1 aromatic heterocycles. The molecule has 0 spiro atoms.